The molecule has 7 heteroatoms. The maximum atomic E-state index is 12.1. The third-order valence-electron chi connectivity index (χ3n) is 3.22. The SMILES string of the molecule is Cn1ccnc1CCNC(=O)c1ccc2nc(N)sc2c1. The van der Waals surface area contributed by atoms with Gasteiger partial charge in [0.15, 0.2) is 5.13 Å². The van der Waals surface area contributed by atoms with E-state index in [4.69, 9.17) is 5.73 Å². The van der Waals surface area contributed by atoms with Crippen molar-refractivity contribution in [2.75, 3.05) is 12.3 Å². The number of aryl methyl sites for hydroxylation is 1. The van der Waals surface area contributed by atoms with Gasteiger partial charge in [-0.3, -0.25) is 4.79 Å². The number of amides is 1. The monoisotopic (exact) mass is 301 g/mol. The van der Waals surface area contributed by atoms with Gasteiger partial charge in [0.1, 0.15) is 5.82 Å². The lowest BCUT2D eigenvalue weighted by Gasteiger charge is -2.05. The van der Waals surface area contributed by atoms with Crippen LogP contribution in [0.5, 0.6) is 0 Å². The smallest absolute Gasteiger partial charge is 0.251 e. The van der Waals surface area contributed by atoms with Crippen molar-refractivity contribution in [1.82, 2.24) is 19.9 Å². The molecule has 3 aromatic rings. The number of carbonyl (C=O) groups excluding carboxylic acids is 1. The zero-order chi connectivity index (χ0) is 14.8. The molecule has 0 fully saturated rings. The molecule has 0 radical (unpaired) electrons. The second-order valence-electron chi connectivity index (χ2n) is 4.69. The summed E-state index contributed by atoms with van der Waals surface area (Å²) in [6.07, 6.45) is 4.34. The highest BCUT2D eigenvalue weighted by Gasteiger charge is 2.09. The van der Waals surface area contributed by atoms with Crippen molar-refractivity contribution >= 4 is 32.6 Å². The van der Waals surface area contributed by atoms with Gasteiger partial charge in [0.05, 0.1) is 10.2 Å². The van der Waals surface area contributed by atoms with Crippen LogP contribution in [0.3, 0.4) is 0 Å². The van der Waals surface area contributed by atoms with Gasteiger partial charge in [0.25, 0.3) is 5.91 Å². The maximum absolute atomic E-state index is 12.1. The van der Waals surface area contributed by atoms with Crippen molar-refractivity contribution in [3.05, 3.63) is 42.0 Å². The van der Waals surface area contributed by atoms with Crippen molar-refractivity contribution in [2.45, 2.75) is 6.42 Å². The minimum absolute atomic E-state index is 0.0990. The molecule has 108 valence electrons. The minimum Gasteiger partial charge on any atom is -0.375 e. The Morgan fingerprint density at radius 2 is 2.33 bits per heavy atom. The van der Waals surface area contributed by atoms with E-state index in [1.807, 2.05) is 29.9 Å². The van der Waals surface area contributed by atoms with Crippen LogP contribution in [0.25, 0.3) is 10.2 Å². The fourth-order valence-corrected chi connectivity index (χ4v) is 2.88. The summed E-state index contributed by atoms with van der Waals surface area (Å²) in [6.45, 7) is 0.548. The molecule has 0 unspecified atom stereocenters. The summed E-state index contributed by atoms with van der Waals surface area (Å²) in [5.41, 5.74) is 7.10. The number of aromatic nitrogens is 3. The van der Waals surface area contributed by atoms with Crippen molar-refractivity contribution in [3.8, 4) is 0 Å². The molecule has 0 spiro atoms. The summed E-state index contributed by atoms with van der Waals surface area (Å²) in [4.78, 5) is 20.5. The molecule has 0 atom stereocenters. The lowest BCUT2D eigenvalue weighted by atomic mass is 10.2. The number of hydrogen-bond donors (Lipinski definition) is 2. The van der Waals surface area contributed by atoms with Gasteiger partial charge in [-0.05, 0) is 18.2 Å². The first-order valence-corrected chi connectivity index (χ1v) is 7.35. The van der Waals surface area contributed by atoms with E-state index in [2.05, 4.69) is 15.3 Å². The highest BCUT2D eigenvalue weighted by molar-refractivity contribution is 7.22. The molecule has 1 amide bonds. The summed E-state index contributed by atoms with van der Waals surface area (Å²) in [7, 11) is 1.94. The summed E-state index contributed by atoms with van der Waals surface area (Å²) in [5, 5.41) is 3.41. The van der Waals surface area contributed by atoms with Crippen LogP contribution in [-0.4, -0.2) is 27.0 Å². The number of rotatable bonds is 4. The van der Waals surface area contributed by atoms with Gasteiger partial charge in [-0.15, -0.1) is 0 Å². The van der Waals surface area contributed by atoms with Crippen LogP contribution in [0.15, 0.2) is 30.6 Å². The van der Waals surface area contributed by atoms with E-state index in [9.17, 15) is 4.79 Å². The molecule has 6 nitrogen and oxygen atoms in total. The van der Waals surface area contributed by atoms with Crippen LogP contribution in [0, 0.1) is 0 Å². The van der Waals surface area contributed by atoms with E-state index in [1.54, 1.807) is 12.3 Å². The molecule has 0 aliphatic carbocycles. The van der Waals surface area contributed by atoms with Crippen LogP contribution >= 0.6 is 11.3 Å². The molecule has 2 heterocycles. The molecule has 0 aliphatic rings. The predicted molar refractivity (Wildman–Crippen MR) is 83.3 cm³/mol. The van der Waals surface area contributed by atoms with Crippen LogP contribution in [-0.2, 0) is 13.5 Å². The molecule has 21 heavy (non-hydrogen) atoms. The normalized spacial score (nSPS) is 10.9. The van der Waals surface area contributed by atoms with Crippen molar-refractivity contribution in [1.29, 1.82) is 0 Å². The average molecular weight is 301 g/mol. The first-order valence-electron chi connectivity index (χ1n) is 6.54. The van der Waals surface area contributed by atoms with E-state index >= 15 is 0 Å². The van der Waals surface area contributed by atoms with Gasteiger partial charge in [0.2, 0.25) is 0 Å². The molecule has 0 saturated carbocycles. The number of hydrogen-bond acceptors (Lipinski definition) is 5. The Balaban J connectivity index is 1.65. The van der Waals surface area contributed by atoms with Crippen LogP contribution in [0.1, 0.15) is 16.2 Å². The molecule has 3 rings (SSSR count). The molecule has 3 N–H and O–H groups in total. The van der Waals surface area contributed by atoms with Gasteiger partial charge in [0, 0.05) is 38.0 Å². The second kappa shape index (κ2) is 5.53. The Morgan fingerprint density at radius 1 is 1.48 bits per heavy atom. The number of nitrogens with one attached hydrogen (secondary N) is 1. The van der Waals surface area contributed by atoms with Gasteiger partial charge >= 0.3 is 0 Å². The van der Waals surface area contributed by atoms with Gasteiger partial charge < -0.3 is 15.6 Å². The van der Waals surface area contributed by atoms with E-state index in [0.29, 0.717) is 23.7 Å². The number of benzene rings is 1. The molecule has 0 saturated heterocycles. The largest absolute Gasteiger partial charge is 0.375 e. The molecular formula is C14H15N5OS. The summed E-state index contributed by atoms with van der Waals surface area (Å²) in [6, 6.07) is 5.40. The number of fused-ring (bicyclic) bond motifs is 1. The van der Waals surface area contributed by atoms with Crippen LogP contribution in [0.2, 0.25) is 0 Å². The first kappa shape index (κ1) is 13.6. The van der Waals surface area contributed by atoms with Gasteiger partial charge in [-0.25, -0.2) is 9.97 Å². The number of anilines is 1. The third kappa shape index (κ3) is 2.87. The van der Waals surface area contributed by atoms with Crippen molar-refractivity contribution in [2.24, 2.45) is 7.05 Å². The van der Waals surface area contributed by atoms with E-state index in [1.165, 1.54) is 11.3 Å². The number of nitrogens with two attached hydrogens (primary N) is 1. The molecule has 0 bridgehead atoms. The average Bonchev–Trinajstić information content (AvgIpc) is 3.02. The van der Waals surface area contributed by atoms with Gasteiger partial charge in [-0.1, -0.05) is 11.3 Å². The molecule has 1 aromatic carbocycles. The Hall–Kier alpha value is -2.41. The van der Waals surface area contributed by atoms with Crippen LogP contribution < -0.4 is 11.1 Å². The van der Waals surface area contributed by atoms with E-state index in [0.717, 1.165) is 16.0 Å². The lowest BCUT2D eigenvalue weighted by molar-refractivity contribution is 0.0954. The number of nitrogen functional groups attached to an aromatic ring is 1. The second-order valence-corrected chi connectivity index (χ2v) is 5.76. The standard InChI is InChI=1S/C14H15N5OS/c1-19-7-6-16-12(19)4-5-17-13(20)9-2-3-10-11(8-9)21-14(15)18-10/h2-3,6-8H,4-5H2,1H3,(H2,15,18)(H,17,20). The van der Waals surface area contributed by atoms with Crippen molar-refractivity contribution < 1.29 is 4.79 Å². The third-order valence-corrected chi connectivity index (χ3v) is 4.07. The topological polar surface area (TPSA) is 85.8 Å². The minimum atomic E-state index is -0.0990. The quantitative estimate of drug-likeness (QED) is 0.766. The highest BCUT2D eigenvalue weighted by Crippen LogP contribution is 2.24. The molecule has 0 aliphatic heterocycles. The van der Waals surface area contributed by atoms with E-state index in [-0.39, 0.29) is 5.91 Å². The highest BCUT2D eigenvalue weighted by atomic mass is 32.1. The number of thiazole rings is 1. The maximum Gasteiger partial charge on any atom is 0.251 e. The zero-order valence-corrected chi connectivity index (χ0v) is 12.4. The predicted octanol–water partition coefficient (Wildman–Crippen LogP) is 1.58. The Kier molecular flexibility index (Phi) is 3.57. The Morgan fingerprint density at radius 3 is 3.10 bits per heavy atom. The number of imidazole rings is 1. The summed E-state index contributed by atoms with van der Waals surface area (Å²) in [5.74, 6) is 0.846. The molecular weight excluding hydrogens is 286 g/mol. The van der Waals surface area contributed by atoms with Crippen molar-refractivity contribution in [3.63, 3.8) is 0 Å². The number of carbonyl (C=O) groups is 1. The zero-order valence-electron chi connectivity index (χ0n) is 11.5. The lowest BCUT2D eigenvalue weighted by Crippen LogP contribution is -2.26. The van der Waals surface area contributed by atoms with E-state index < -0.39 is 0 Å². The fourth-order valence-electron chi connectivity index (χ4n) is 2.11. The molecule has 2 aromatic heterocycles. The number of nitrogens with zero attached hydrogens (tertiary/aromatic N) is 3. The van der Waals surface area contributed by atoms with Gasteiger partial charge in [-0.2, -0.15) is 0 Å². The Bertz CT molecular complexity index is 792. The van der Waals surface area contributed by atoms with Crippen LogP contribution in [0.4, 0.5) is 5.13 Å². The fraction of sp³-hybridized carbons (Fsp3) is 0.214. The summed E-state index contributed by atoms with van der Waals surface area (Å²) >= 11 is 1.38. The summed E-state index contributed by atoms with van der Waals surface area (Å²) < 4.78 is 2.86. The Labute approximate surface area is 125 Å². The first-order chi connectivity index (χ1) is 10.1.